The van der Waals surface area contributed by atoms with Crippen LogP contribution < -0.4 is 5.73 Å². The van der Waals surface area contributed by atoms with E-state index in [1.54, 1.807) is 12.2 Å². The van der Waals surface area contributed by atoms with Crippen molar-refractivity contribution in [2.75, 3.05) is 0 Å². The molecule has 1 heterocycles. The molecular formula is C6H7NOS. The summed E-state index contributed by atoms with van der Waals surface area (Å²) in [5.74, 6) is 0. The summed E-state index contributed by atoms with van der Waals surface area (Å²) in [5, 5.41) is 9.57. The maximum absolute atomic E-state index is 9.34. The Hall–Kier alpha value is -0.410. The summed E-state index contributed by atoms with van der Waals surface area (Å²) in [6, 6.07) is 0. The van der Waals surface area contributed by atoms with Crippen LogP contribution in [-0.4, -0.2) is 15.3 Å². The van der Waals surface area contributed by atoms with Gasteiger partial charge in [-0.3, -0.25) is 0 Å². The number of hydrogen-bond acceptors (Lipinski definition) is 3. The zero-order valence-electron chi connectivity index (χ0n) is 4.74. The van der Waals surface area contributed by atoms with Crippen molar-refractivity contribution in [1.29, 1.82) is 0 Å². The van der Waals surface area contributed by atoms with Crippen molar-refractivity contribution < 1.29 is 5.11 Å². The first-order chi connectivity index (χ1) is 4.21. The summed E-state index contributed by atoms with van der Waals surface area (Å²) in [6.07, 6.45) is 5.37. The van der Waals surface area contributed by atoms with Crippen LogP contribution in [0.1, 0.15) is 0 Å². The van der Waals surface area contributed by atoms with Gasteiger partial charge in [0.05, 0.1) is 5.25 Å². The minimum atomic E-state index is -0.594. The second kappa shape index (κ2) is 1.36. The molecule has 1 fully saturated rings. The number of hydrogen-bond donors (Lipinski definition) is 2. The molecule has 3 N–H and O–H groups in total. The van der Waals surface area contributed by atoms with Crippen molar-refractivity contribution in [3.63, 3.8) is 0 Å². The molecule has 2 unspecified atom stereocenters. The number of allylic oxidation sites excluding steroid dienone is 1. The molecule has 9 heavy (non-hydrogen) atoms. The third kappa shape index (κ3) is 0.686. The molecule has 0 radical (unpaired) electrons. The van der Waals surface area contributed by atoms with Gasteiger partial charge in [0, 0.05) is 5.70 Å². The maximum Gasteiger partial charge on any atom is 0.145 e. The van der Waals surface area contributed by atoms with Crippen molar-refractivity contribution in [2.24, 2.45) is 5.73 Å². The topological polar surface area (TPSA) is 46.2 Å². The second-order valence-electron chi connectivity index (χ2n) is 2.29. The van der Waals surface area contributed by atoms with Crippen LogP contribution >= 0.6 is 11.8 Å². The molecule has 0 aromatic rings. The van der Waals surface area contributed by atoms with Crippen LogP contribution in [0.5, 0.6) is 0 Å². The molecule has 0 spiro atoms. The van der Waals surface area contributed by atoms with Crippen molar-refractivity contribution in [1.82, 2.24) is 0 Å². The van der Waals surface area contributed by atoms with Crippen LogP contribution in [0, 0.1) is 0 Å². The van der Waals surface area contributed by atoms with Crippen LogP contribution in [0.15, 0.2) is 23.9 Å². The van der Waals surface area contributed by atoms with Crippen molar-refractivity contribution in [3.05, 3.63) is 23.9 Å². The highest BCUT2D eigenvalue weighted by atomic mass is 32.2. The lowest BCUT2D eigenvalue weighted by molar-refractivity contribution is 0.228. The summed E-state index contributed by atoms with van der Waals surface area (Å²) in [7, 11) is 0. The fraction of sp³-hybridized carbons (Fsp3) is 0.333. The van der Waals surface area contributed by atoms with E-state index in [-0.39, 0.29) is 5.25 Å². The van der Waals surface area contributed by atoms with Gasteiger partial charge in [0.2, 0.25) is 0 Å². The zero-order valence-corrected chi connectivity index (χ0v) is 5.56. The van der Waals surface area contributed by atoms with E-state index in [1.807, 2.05) is 6.08 Å². The highest BCUT2D eigenvalue weighted by Gasteiger charge is 2.52. The van der Waals surface area contributed by atoms with Crippen molar-refractivity contribution in [2.45, 2.75) is 10.2 Å². The van der Waals surface area contributed by atoms with Crippen LogP contribution in [0.25, 0.3) is 0 Å². The first kappa shape index (κ1) is 5.38. The minimum absolute atomic E-state index is 0.225. The van der Waals surface area contributed by atoms with Crippen LogP contribution in [0.4, 0.5) is 0 Å². The van der Waals surface area contributed by atoms with Gasteiger partial charge in [0.1, 0.15) is 4.93 Å². The third-order valence-corrected chi connectivity index (χ3v) is 2.79. The fourth-order valence-electron chi connectivity index (χ4n) is 0.903. The molecule has 1 aliphatic heterocycles. The van der Waals surface area contributed by atoms with Crippen molar-refractivity contribution >= 4 is 11.8 Å². The Morgan fingerprint density at radius 1 is 1.78 bits per heavy atom. The quantitative estimate of drug-likeness (QED) is 0.474. The Kier molecular flexibility index (Phi) is 0.811. The Balaban J connectivity index is 2.31. The molecule has 2 aliphatic rings. The lowest BCUT2D eigenvalue weighted by Gasteiger charge is -2.03. The van der Waals surface area contributed by atoms with Gasteiger partial charge >= 0.3 is 0 Å². The monoisotopic (exact) mass is 141 g/mol. The van der Waals surface area contributed by atoms with Gasteiger partial charge in [-0.15, -0.1) is 11.8 Å². The fourth-order valence-corrected chi connectivity index (χ4v) is 1.76. The molecule has 0 aromatic heterocycles. The Morgan fingerprint density at radius 2 is 2.56 bits per heavy atom. The predicted octanol–water partition coefficient (Wildman–Crippen LogP) is 0.203. The van der Waals surface area contributed by atoms with Crippen LogP contribution in [0.3, 0.4) is 0 Å². The molecule has 2 atom stereocenters. The molecule has 0 bridgehead atoms. The molecule has 3 heteroatoms. The summed E-state index contributed by atoms with van der Waals surface area (Å²) >= 11 is 1.52. The summed E-state index contributed by atoms with van der Waals surface area (Å²) in [5.41, 5.74) is 6.22. The molecule has 0 aromatic carbocycles. The molecule has 2 rings (SSSR count). The van der Waals surface area contributed by atoms with E-state index in [0.29, 0.717) is 0 Å². The minimum Gasteiger partial charge on any atom is -0.399 e. The van der Waals surface area contributed by atoms with Gasteiger partial charge in [0.25, 0.3) is 0 Å². The van der Waals surface area contributed by atoms with Gasteiger partial charge in [-0.05, 0) is 18.2 Å². The number of nitrogens with two attached hydrogens (primary N) is 1. The molecule has 48 valence electrons. The lowest BCUT2D eigenvalue weighted by Crippen LogP contribution is -2.13. The van der Waals surface area contributed by atoms with Crippen molar-refractivity contribution in [3.8, 4) is 0 Å². The van der Waals surface area contributed by atoms with Crippen LogP contribution in [-0.2, 0) is 0 Å². The van der Waals surface area contributed by atoms with Gasteiger partial charge < -0.3 is 10.8 Å². The summed E-state index contributed by atoms with van der Waals surface area (Å²) in [4.78, 5) is -0.594. The molecular weight excluding hydrogens is 134 g/mol. The average molecular weight is 141 g/mol. The maximum atomic E-state index is 9.34. The normalized spacial score (nSPS) is 45.9. The summed E-state index contributed by atoms with van der Waals surface area (Å²) < 4.78 is 0. The SMILES string of the molecule is NC1=CC2SC2(O)C=C1. The highest BCUT2D eigenvalue weighted by Crippen LogP contribution is 2.54. The van der Waals surface area contributed by atoms with E-state index in [2.05, 4.69) is 0 Å². The zero-order chi connectivity index (χ0) is 6.48. The van der Waals surface area contributed by atoms with Gasteiger partial charge in [0.15, 0.2) is 0 Å². The average Bonchev–Trinajstić information content (AvgIpc) is 2.41. The smallest absolute Gasteiger partial charge is 0.145 e. The molecule has 1 saturated heterocycles. The highest BCUT2D eigenvalue weighted by molar-refractivity contribution is 8.08. The van der Waals surface area contributed by atoms with Gasteiger partial charge in [-0.1, -0.05) is 0 Å². The lowest BCUT2D eigenvalue weighted by atomic mass is 10.1. The van der Waals surface area contributed by atoms with E-state index in [1.165, 1.54) is 11.8 Å². The molecule has 0 amide bonds. The standard InChI is InChI=1S/C6H7NOS/c7-4-1-2-6(8)5(3-4)9-6/h1-3,5,8H,7H2. The number of fused-ring (bicyclic) bond motifs is 1. The third-order valence-electron chi connectivity index (χ3n) is 1.52. The first-order valence-corrected chi connectivity index (χ1v) is 3.65. The number of rotatable bonds is 0. The molecule has 0 saturated carbocycles. The molecule has 2 nitrogen and oxygen atoms in total. The molecule has 1 aliphatic carbocycles. The van der Waals surface area contributed by atoms with Gasteiger partial charge in [-0.2, -0.15) is 0 Å². The van der Waals surface area contributed by atoms with Gasteiger partial charge in [-0.25, -0.2) is 0 Å². The van der Waals surface area contributed by atoms with Crippen LogP contribution in [0.2, 0.25) is 0 Å². The first-order valence-electron chi connectivity index (χ1n) is 2.77. The van der Waals surface area contributed by atoms with E-state index in [0.717, 1.165) is 5.70 Å². The van der Waals surface area contributed by atoms with E-state index < -0.39 is 4.93 Å². The second-order valence-corrected chi connectivity index (χ2v) is 3.69. The number of thioether (sulfide) groups is 1. The summed E-state index contributed by atoms with van der Waals surface area (Å²) in [6.45, 7) is 0. The predicted molar refractivity (Wildman–Crippen MR) is 37.7 cm³/mol. The van der Waals surface area contributed by atoms with E-state index in [9.17, 15) is 5.11 Å². The Morgan fingerprint density at radius 3 is 3.11 bits per heavy atom. The largest absolute Gasteiger partial charge is 0.399 e. The number of aliphatic hydroxyl groups is 1. The van der Waals surface area contributed by atoms with E-state index in [4.69, 9.17) is 5.73 Å². The Labute approximate surface area is 57.4 Å². The Bertz CT molecular complexity index is 211. The van der Waals surface area contributed by atoms with E-state index >= 15 is 0 Å².